The second-order valence-corrected chi connectivity index (χ2v) is 11.9. The van der Waals surface area contributed by atoms with Crippen molar-refractivity contribution in [2.24, 2.45) is 11.7 Å². The van der Waals surface area contributed by atoms with E-state index in [0.717, 1.165) is 11.6 Å². The molecule has 232 valence electrons. The lowest BCUT2D eigenvalue weighted by Gasteiger charge is -2.27. The zero-order chi connectivity index (χ0) is 30.8. The van der Waals surface area contributed by atoms with Gasteiger partial charge in [0.2, 0.25) is 5.91 Å². The van der Waals surface area contributed by atoms with Crippen LogP contribution in [-0.4, -0.2) is 85.2 Å². The molecule has 0 spiro atoms. The Labute approximate surface area is 248 Å². The van der Waals surface area contributed by atoms with Crippen LogP contribution in [0.1, 0.15) is 32.3 Å². The molecule has 1 heterocycles. The fraction of sp³-hybridized carbons (Fsp3) is 0.552. The number of nitrogens with zero attached hydrogens (tertiary/aromatic N) is 1. The second kappa shape index (κ2) is 16.1. The number of hydrogen-bond acceptors (Lipinski definition) is 8. The molecular weight excluding hydrogens is 571 g/mol. The molecule has 0 bridgehead atoms. The number of carbonyl (C=O) groups is 3. The summed E-state index contributed by atoms with van der Waals surface area (Å²) < 4.78 is 46.0. The van der Waals surface area contributed by atoms with Gasteiger partial charge >= 0.3 is 5.97 Å². The molecule has 9 nitrogen and oxygen atoms in total. The highest BCUT2D eigenvalue weighted by molar-refractivity contribution is 8.00. The average molecular weight is 612 g/mol. The minimum Gasteiger partial charge on any atom is -0.463 e. The first-order chi connectivity index (χ1) is 20.0. The highest BCUT2D eigenvalue weighted by Crippen LogP contribution is 2.25. The van der Waals surface area contributed by atoms with E-state index in [9.17, 15) is 27.6 Å². The van der Waals surface area contributed by atoms with Crippen molar-refractivity contribution >= 4 is 29.5 Å². The Hall–Kier alpha value is -2.87. The Morgan fingerprint density at radius 3 is 2.57 bits per heavy atom. The molecule has 2 amide bonds. The van der Waals surface area contributed by atoms with E-state index in [1.807, 2.05) is 32.1 Å². The standard InChI is InChI=1S/C29H40F3N5O4S/c1-17(2)26(29(40)41-10-8-34-3)36-21-6-4-18(5-7-21)16-35-27(39)28-37(9-11-42-28)25(38)14-20(33)12-19-13-23(31)24(32)15-22(19)30/h4-6,13,15,17,20-21,26,28,34,36H,7-12,14,16,33H2,1-3H3,(H,35,39)/t20-,21?,26-,28+/m1/s1. The van der Waals surface area contributed by atoms with Gasteiger partial charge in [-0.05, 0) is 43.0 Å². The van der Waals surface area contributed by atoms with Crippen LogP contribution in [0.2, 0.25) is 0 Å². The molecule has 1 aliphatic heterocycles. The van der Waals surface area contributed by atoms with Crippen LogP contribution in [0, 0.1) is 23.4 Å². The molecular formula is C29H40F3N5O4S. The molecule has 1 saturated heterocycles. The zero-order valence-corrected chi connectivity index (χ0v) is 24.9. The number of halogens is 3. The van der Waals surface area contributed by atoms with Gasteiger partial charge in [0.05, 0.1) is 0 Å². The molecule has 4 atom stereocenters. The number of rotatable bonds is 14. The first-order valence-electron chi connectivity index (χ1n) is 14.0. The third-order valence-corrected chi connectivity index (χ3v) is 8.20. The average Bonchev–Trinajstić information content (AvgIpc) is 3.44. The van der Waals surface area contributed by atoms with Crippen LogP contribution >= 0.6 is 11.8 Å². The number of likely N-dealkylation sites (N-methyl/N-ethyl adjacent to an activating group) is 1. The molecule has 0 saturated carbocycles. The van der Waals surface area contributed by atoms with Gasteiger partial charge in [-0.1, -0.05) is 32.1 Å². The third-order valence-electron chi connectivity index (χ3n) is 7.00. The monoisotopic (exact) mass is 611 g/mol. The fourth-order valence-electron chi connectivity index (χ4n) is 4.66. The van der Waals surface area contributed by atoms with E-state index in [1.54, 1.807) is 7.05 Å². The summed E-state index contributed by atoms with van der Waals surface area (Å²) in [5.41, 5.74) is 6.81. The van der Waals surface area contributed by atoms with Crippen LogP contribution in [0.5, 0.6) is 0 Å². The van der Waals surface area contributed by atoms with Gasteiger partial charge in [0.1, 0.15) is 18.5 Å². The van der Waals surface area contributed by atoms with Crippen LogP contribution in [0.4, 0.5) is 13.2 Å². The molecule has 1 fully saturated rings. The molecule has 3 rings (SSSR count). The number of benzene rings is 1. The van der Waals surface area contributed by atoms with Crippen molar-refractivity contribution in [1.29, 1.82) is 0 Å². The summed E-state index contributed by atoms with van der Waals surface area (Å²) in [5, 5.41) is 8.43. The number of esters is 1. The maximum Gasteiger partial charge on any atom is 0.323 e. The molecule has 0 aromatic heterocycles. The predicted molar refractivity (Wildman–Crippen MR) is 156 cm³/mol. The molecule has 0 radical (unpaired) electrons. The number of thioether (sulfide) groups is 1. The minimum atomic E-state index is -1.29. The SMILES string of the molecule is CNCCOC(=O)[C@H](NC1C=CC(CNC(=O)[C@@H]2SCCN2C(=O)C[C@H](N)Cc2cc(F)c(F)cc2F)=CC1)C(C)C. The lowest BCUT2D eigenvalue weighted by Crippen LogP contribution is -2.47. The van der Waals surface area contributed by atoms with E-state index in [2.05, 4.69) is 16.0 Å². The van der Waals surface area contributed by atoms with Crippen LogP contribution in [0.25, 0.3) is 0 Å². The van der Waals surface area contributed by atoms with Crippen molar-refractivity contribution in [2.45, 2.75) is 56.6 Å². The topological polar surface area (TPSA) is 126 Å². The van der Waals surface area contributed by atoms with Gasteiger partial charge in [0, 0.05) is 50.0 Å². The van der Waals surface area contributed by atoms with E-state index in [0.29, 0.717) is 37.9 Å². The summed E-state index contributed by atoms with van der Waals surface area (Å²) in [6.45, 7) is 5.42. The van der Waals surface area contributed by atoms with Crippen molar-refractivity contribution < 1.29 is 32.3 Å². The fourth-order valence-corrected chi connectivity index (χ4v) is 5.82. The summed E-state index contributed by atoms with van der Waals surface area (Å²) in [6.07, 6.45) is 6.14. The lowest BCUT2D eigenvalue weighted by molar-refractivity contribution is -0.147. The summed E-state index contributed by atoms with van der Waals surface area (Å²) >= 11 is 1.34. The normalized spacial score (nSPS) is 19.9. The van der Waals surface area contributed by atoms with E-state index in [4.69, 9.17) is 10.5 Å². The van der Waals surface area contributed by atoms with Gasteiger partial charge in [0.15, 0.2) is 17.0 Å². The van der Waals surface area contributed by atoms with Gasteiger partial charge in [0.25, 0.3) is 5.91 Å². The number of amides is 2. The highest BCUT2D eigenvalue weighted by atomic mass is 32.2. The third kappa shape index (κ3) is 9.58. The van der Waals surface area contributed by atoms with E-state index < -0.39 is 34.9 Å². The smallest absolute Gasteiger partial charge is 0.323 e. The maximum absolute atomic E-state index is 14.0. The number of carbonyl (C=O) groups excluding carboxylic acids is 3. The first-order valence-corrected chi connectivity index (χ1v) is 15.1. The van der Waals surface area contributed by atoms with Crippen molar-refractivity contribution in [3.8, 4) is 0 Å². The Bertz CT molecular complexity index is 1180. The Kier molecular flexibility index (Phi) is 12.9. The molecule has 1 aromatic rings. The summed E-state index contributed by atoms with van der Waals surface area (Å²) in [6, 6.07) is -0.145. The molecule has 1 aliphatic carbocycles. The summed E-state index contributed by atoms with van der Waals surface area (Å²) in [5.74, 6) is -3.77. The number of nitrogens with two attached hydrogens (primary N) is 1. The van der Waals surface area contributed by atoms with E-state index >= 15 is 0 Å². The van der Waals surface area contributed by atoms with Crippen LogP contribution < -0.4 is 21.7 Å². The van der Waals surface area contributed by atoms with Gasteiger partial charge in [-0.25, -0.2) is 13.2 Å². The zero-order valence-electron chi connectivity index (χ0n) is 24.1. The van der Waals surface area contributed by atoms with Crippen molar-refractivity contribution in [3.63, 3.8) is 0 Å². The molecule has 1 aromatic carbocycles. The van der Waals surface area contributed by atoms with Gasteiger partial charge in [-0.3, -0.25) is 19.7 Å². The molecule has 13 heteroatoms. The van der Waals surface area contributed by atoms with Crippen molar-refractivity contribution in [3.05, 3.63) is 58.9 Å². The second-order valence-electron chi connectivity index (χ2n) is 10.7. The number of nitrogens with one attached hydrogen (secondary N) is 3. The molecule has 42 heavy (non-hydrogen) atoms. The molecule has 1 unspecified atom stereocenters. The van der Waals surface area contributed by atoms with Gasteiger partial charge < -0.3 is 26.0 Å². The van der Waals surface area contributed by atoms with Gasteiger partial charge in [-0.2, -0.15) is 0 Å². The van der Waals surface area contributed by atoms with Crippen LogP contribution in [0.3, 0.4) is 0 Å². The van der Waals surface area contributed by atoms with Crippen molar-refractivity contribution in [2.75, 3.05) is 39.0 Å². The lowest BCUT2D eigenvalue weighted by atomic mass is 9.98. The van der Waals surface area contributed by atoms with E-state index in [-0.39, 0.29) is 54.7 Å². The minimum absolute atomic E-state index is 0.0429. The number of hydrogen-bond donors (Lipinski definition) is 4. The first kappa shape index (κ1) is 33.6. The van der Waals surface area contributed by atoms with Crippen LogP contribution in [-0.2, 0) is 25.5 Å². The molecule has 5 N–H and O–H groups in total. The Morgan fingerprint density at radius 2 is 1.90 bits per heavy atom. The number of ether oxygens (including phenoxy) is 1. The predicted octanol–water partition coefficient (Wildman–Crippen LogP) is 2.01. The highest BCUT2D eigenvalue weighted by Gasteiger charge is 2.35. The summed E-state index contributed by atoms with van der Waals surface area (Å²) in [7, 11) is 1.79. The molecule has 2 aliphatic rings. The summed E-state index contributed by atoms with van der Waals surface area (Å²) in [4.78, 5) is 39.8. The van der Waals surface area contributed by atoms with E-state index in [1.165, 1.54) is 16.7 Å². The largest absolute Gasteiger partial charge is 0.463 e. The Balaban J connectivity index is 1.46. The quantitative estimate of drug-likeness (QED) is 0.143. The Morgan fingerprint density at radius 1 is 1.17 bits per heavy atom. The maximum atomic E-state index is 14.0. The van der Waals surface area contributed by atoms with Gasteiger partial charge in [-0.15, -0.1) is 11.8 Å². The van der Waals surface area contributed by atoms with Crippen molar-refractivity contribution in [1.82, 2.24) is 20.9 Å². The van der Waals surface area contributed by atoms with Crippen LogP contribution in [0.15, 0.2) is 35.9 Å².